The molecule has 154 valence electrons. The molecule has 0 saturated heterocycles. The van der Waals surface area contributed by atoms with Crippen molar-refractivity contribution in [2.75, 3.05) is 5.32 Å². The fourth-order valence-corrected chi connectivity index (χ4v) is 4.69. The molecule has 0 saturated carbocycles. The Morgan fingerprint density at radius 2 is 1.90 bits per heavy atom. The first-order valence-electron chi connectivity index (χ1n) is 9.92. The maximum Gasteiger partial charge on any atom is 0.345 e. The zero-order valence-corrected chi connectivity index (χ0v) is 17.2. The van der Waals surface area contributed by atoms with Crippen LogP contribution in [0.15, 0.2) is 57.1 Å². The molecular formula is C24H19N3O4. The van der Waals surface area contributed by atoms with Gasteiger partial charge in [-0.25, -0.2) is 4.79 Å². The monoisotopic (exact) mass is 413 g/mol. The highest BCUT2D eigenvalue weighted by Crippen LogP contribution is 2.53. The summed E-state index contributed by atoms with van der Waals surface area (Å²) in [6.45, 7) is 5.86. The summed E-state index contributed by atoms with van der Waals surface area (Å²) < 4.78 is 11.7. The van der Waals surface area contributed by atoms with E-state index in [2.05, 4.69) is 5.32 Å². The normalized spacial score (nSPS) is 19.3. The highest BCUT2D eigenvalue weighted by molar-refractivity contribution is 6.13. The predicted octanol–water partition coefficient (Wildman–Crippen LogP) is 3.55. The van der Waals surface area contributed by atoms with Gasteiger partial charge >= 0.3 is 5.63 Å². The smallest absolute Gasteiger partial charge is 0.345 e. The van der Waals surface area contributed by atoms with Gasteiger partial charge in [-0.15, -0.1) is 0 Å². The van der Waals surface area contributed by atoms with Crippen LogP contribution in [0.3, 0.4) is 0 Å². The lowest BCUT2D eigenvalue weighted by atomic mass is 9.69. The van der Waals surface area contributed by atoms with Gasteiger partial charge in [0.15, 0.2) is 11.2 Å². The molecule has 3 N–H and O–H groups in total. The number of carbonyl (C=O) groups excluding carboxylic acids is 1. The summed E-state index contributed by atoms with van der Waals surface area (Å²) in [5.41, 5.74) is 6.56. The third kappa shape index (κ3) is 2.22. The lowest BCUT2D eigenvalue weighted by molar-refractivity contribution is -0.118. The number of carbonyl (C=O) groups is 1. The average molecular weight is 413 g/mol. The number of hydrogen-bond acceptors (Lipinski definition) is 6. The molecule has 31 heavy (non-hydrogen) atoms. The fraction of sp³-hybridized carbons (Fsp3) is 0.208. The first kappa shape index (κ1) is 18.9. The number of rotatable bonds is 1. The zero-order valence-electron chi connectivity index (χ0n) is 17.2. The van der Waals surface area contributed by atoms with E-state index in [1.165, 1.54) is 0 Å². The van der Waals surface area contributed by atoms with Crippen molar-refractivity contribution < 1.29 is 13.9 Å². The predicted molar refractivity (Wildman–Crippen MR) is 115 cm³/mol. The summed E-state index contributed by atoms with van der Waals surface area (Å²) in [7, 11) is 0. The SMILES string of the molecule is Cc1ccc(C(C)C)c2oc(=O)c3c(c12)OC(N)=C(C#N)[C@@]31C(=O)Nc2ccccc21. The molecule has 0 aliphatic carbocycles. The second kappa shape index (κ2) is 6.22. The average Bonchev–Trinajstić information content (AvgIpc) is 3.00. The van der Waals surface area contributed by atoms with Crippen molar-refractivity contribution in [3.8, 4) is 11.8 Å². The molecule has 0 fully saturated rings. The van der Waals surface area contributed by atoms with Crippen molar-refractivity contribution in [2.24, 2.45) is 5.73 Å². The molecule has 1 spiro atoms. The van der Waals surface area contributed by atoms with Crippen molar-refractivity contribution >= 4 is 22.6 Å². The van der Waals surface area contributed by atoms with E-state index in [0.29, 0.717) is 22.2 Å². The lowest BCUT2D eigenvalue weighted by Gasteiger charge is -2.33. The van der Waals surface area contributed by atoms with Gasteiger partial charge in [0.2, 0.25) is 11.8 Å². The van der Waals surface area contributed by atoms with Gasteiger partial charge in [0.05, 0.1) is 5.39 Å². The molecule has 5 rings (SSSR count). The standard InChI is InChI=1S/C24H19N3O4/c1-11(2)13-9-8-12(3)17-19(13)31-22(28)18-20(17)30-21(26)15(10-25)24(18)14-6-4-5-7-16(14)27-23(24)29/h4-9,11H,26H2,1-3H3,(H,27,29)/t24-/m1/s1. The number of amides is 1. The second-order valence-corrected chi connectivity index (χ2v) is 8.13. The number of aryl methyl sites for hydroxylation is 1. The van der Waals surface area contributed by atoms with Gasteiger partial charge < -0.3 is 20.2 Å². The van der Waals surface area contributed by atoms with Crippen LogP contribution in [0, 0.1) is 18.3 Å². The summed E-state index contributed by atoms with van der Waals surface area (Å²) in [5, 5.41) is 13.3. The molecule has 1 amide bonds. The number of para-hydroxylation sites is 1. The molecule has 0 unspecified atom stereocenters. The van der Waals surface area contributed by atoms with Gasteiger partial charge in [0, 0.05) is 11.3 Å². The molecule has 1 atom stereocenters. The van der Waals surface area contributed by atoms with Gasteiger partial charge in [0.25, 0.3) is 0 Å². The van der Waals surface area contributed by atoms with Crippen LogP contribution in [0.1, 0.15) is 42.0 Å². The molecule has 0 bridgehead atoms. The minimum Gasteiger partial charge on any atom is -0.439 e. The number of ether oxygens (including phenoxy) is 1. The zero-order chi connectivity index (χ0) is 22.1. The van der Waals surface area contributed by atoms with E-state index in [1.807, 2.05) is 39.0 Å². The summed E-state index contributed by atoms with van der Waals surface area (Å²) in [4.78, 5) is 26.9. The van der Waals surface area contributed by atoms with Crippen molar-refractivity contribution in [3.63, 3.8) is 0 Å². The van der Waals surface area contributed by atoms with E-state index >= 15 is 0 Å². The summed E-state index contributed by atoms with van der Waals surface area (Å²) in [6.07, 6.45) is 0. The van der Waals surface area contributed by atoms with E-state index < -0.39 is 16.9 Å². The van der Waals surface area contributed by atoms with Crippen LogP contribution in [0.5, 0.6) is 5.75 Å². The lowest BCUT2D eigenvalue weighted by Crippen LogP contribution is -2.45. The number of nitrogens with zero attached hydrogens (tertiary/aromatic N) is 1. The van der Waals surface area contributed by atoms with E-state index in [1.54, 1.807) is 24.3 Å². The summed E-state index contributed by atoms with van der Waals surface area (Å²) in [5.74, 6) is -0.500. The first-order valence-corrected chi connectivity index (χ1v) is 9.92. The van der Waals surface area contributed by atoms with Gasteiger partial charge in [-0.05, 0) is 30.0 Å². The number of hydrogen-bond donors (Lipinski definition) is 2. The Kier molecular flexibility index (Phi) is 3.80. The number of anilines is 1. The number of nitrogens with two attached hydrogens (primary N) is 1. The quantitative estimate of drug-likeness (QED) is 0.589. The minimum atomic E-state index is -1.74. The van der Waals surface area contributed by atoms with Gasteiger partial charge in [-0.2, -0.15) is 5.26 Å². The van der Waals surface area contributed by atoms with Crippen LogP contribution in [-0.2, 0) is 10.2 Å². The van der Waals surface area contributed by atoms with Crippen LogP contribution in [-0.4, -0.2) is 5.91 Å². The third-order valence-electron chi connectivity index (χ3n) is 6.11. The number of fused-ring (bicyclic) bond motifs is 6. The molecule has 7 heteroatoms. The van der Waals surface area contributed by atoms with Crippen molar-refractivity contribution in [3.05, 3.63) is 80.5 Å². The highest BCUT2D eigenvalue weighted by atomic mass is 16.5. The fourth-order valence-electron chi connectivity index (χ4n) is 4.69. The molecule has 2 aliphatic rings. The minimum absolute atomic E-state index is 0.0304. The Morgan fingerprint density at radius 1 is 1.16 bits per heavy atom. The largest absolute Gasteiger partial charge is 0.439 e. The van der Waals surface area contributed by atoms with Crippen LogP contribution >= 0.6 is 0 Å². The number of nitriles is 1. The first-order chi connectivity index (χ1) is 14.8. The summed E-state index contributed by atoms with van der Waals surface area (Å²) in [6, 6.07) is 12.8. The molecule has 1 aromatic heterocycles. The van der Waals surface area contributed by atoms with E-state index in [9.17, 15) is 14.9 Å². The van der Waals surface area contributed by atoms with Gasteiger partial charge in [-0.3, -0.25) is 4.79 Å². The molecule has 7 nitrogen and oxygen atoms in total. The molecule has 2 aromatic carbocycles. The van der Waals surface area contributed by atoms with Gasteiger partial charge in [0.1, 0.15) is 22.8 Å². The Hall–Kier alpha value is -4.05. The topological polar surface area (TPSA) is 118 Å². The Bertz CT molecular complexity index is 1440. The van der Waals surface area contributed by atoms with Crippen molar-refractivity contribution in [2.45, 2.75) is 32.1 Å². The highest BCUT2D eigenvalue weighted by Gasteiger charge is 2.58. The molecule has 0 radical (unpaired) electrons. The van der Waals surface area contributed by atoms with Crippen LogP contribution in [0.2, 0.25) is 0 Å². The second-order valence-electron chi connectivity index (χ2n) is 8.13. The van der Waals surface area contributed by atoms with Gasteiger partial charge in [-0.1, -0.05) is 44.2 Å². The van der Waals surface area contributed by atoms with Crippen molar-refractivity contribution in [1.82, 2.24) is 0 Å². The Balaban J connectivity index is 2.02. The molecule has 3 aromatic rings. The van der Waals surface area contributed by atoms with Crippen LogP contribution in [0.25, 0.3) is 11.0 Å². The van der Waals surface area contributed by atoms with E-state index in [-0.39, 0.29) is 28.7 Å². The Morgan fingerprint density at radius 3 is 2.61 bits per heavy atom. The number of benzene rings is 2. The third-order valence-corrected chi connectivity index (χ3v) is 6.11. The Labute approximate surface area is 177 Å². The van der Waals surface area contributed by atoms with Crippen LogP contribution < -0.4 is 21.4 Å². The molecule has 2 aliphatic heterocycles. The van der Waals surface area contributed by atoms with E-state index in [0.717, 1.165) is 11.1 Å². The molecule has 3 heterocycles. The number of nitrogens with one attached hydrogen (secondary N) is 1. The van der Waals surface area contributed by atoms with E-state index in [4.69, 9.17) is 14.9 Å². The van der Waals surface area contributed by atoms with Crippen LogP contribution in [0.4, 0.5) is 5.69 Å². The maximum absolute atomic E-state index is 13.4. The summed E-state index contributed by atoms with van der Waals surface area (Å²) >= 11 is 0. The molecular weight excluding hydrogens is 394 g/mol. The van der Waals surface area contributed by atoms with Crippen molar-refractivity contribution in [1.29, 1.82) is 5.26 Å². The maximum atomic E-state index is 13.4.